The number of hydrogen-bond acceptors (Lipinski definition) is 6. The Morgan fingerprint density at radius 3 is 1.09 bits per heavy atom. The molecule has 0 spiro atoms. The first-order chi connectivity index (χ1) is 31.9. The number of halogens is 8. The molecule has 0 aliphatic carbocycles. The molecule has 0 heterocycles. The van der Waals surface area contributed by atoms with Crippen molar-refractivity contribution in [3.05, 3.63) is 0 Å². The number of unbranched alkanes of at least 4 members (excludes halogenated alkanes) is 22. The van der Waals surface area contributed by atoms with Crippen molar-refractivity contribution in [3.8, 4) is 0 Å². The lowest BCUT2D eigenvalue weighted by atomic mass is 9.97. The van der Waals surface area contributed by atoms with Crippen LogP contribution in [0.15, 0.2) is 0 Å². The number of rotatable bonds is 47. The number of alkyl halides is 8. The molecule has 0 bridgehead atoms. The SMILES string of the molecule is CCCCCCCCC(OC(=O)CCCCCCCCC(CCCCCCCCC(=O)OC(CCCCCC)C(F)(F)C(F)F)N(CCCN(C)C)C(=O)CCCCCCC)C(F)(F)C(F)F. The van der Waals surface area contributed by atoms with E-state index in [-0.39, 0.29) is 44.1 Å². The van der Waals surface area contributed by atoms with Gasteiger partial charge in [-0.05, 0) is 84.8 Å². The standard InChI is InChI=1S/C52H94F8N2O5/c1-6-9-12-15-23-29-37-45(52(59,60)50(55)56)67-48(65)40-32-25-19-17-22-27-35-43(62(42-33-41-61(4)5)46(63)38-30-20-13-10-7-2)34-26-21-16-18-24-31-39-47(64)66-44(36-28-14-11-8-3)51(57,58)49(53)54/h43-45,49-50H,6-42H2,1-5H3. The minimum Gasteiger partial charge on any atom is -0.456 e. The first kappa shape index (κ1) is 64.8. The van der Waals surface area contributed by atoms with Gasteiger partial charge in [0.15, 0.2) is 12.2 Å². The Bertz CT molecular complexity index is 1210. The molecule has 0 aliphatic rings. The number of ether oxygens (including phenoxy) is 2. The number of amides is 1. The molecule has 398 valence electrons. The van der Waals surface area contributed by atoms with Crippen molar-refractivity contribution in [2.75, 3.05) is 27.2 Å². The molecule has 7 nitrogen and oxygen atoms in total. The third-order valence-corrected chi connectivity index (χ3v) is 12.7. The summed E-state index contributed by atoms with van der Waals surface area (Å²) in [5, 5.41) is 0. The van der Waals surface area contributed by atoms with Crippen LogP contribution in [0.5, 0.6) is 0 Å². The number of nitrogens with zero attached hydrogens (tertiary/aromatic N) is 2. The lowest BCUT2D eigenvalue weighted by Crippen LogP contribution is -2.43. The van der Waals surface area contributed by atoms with E-state index < -0.39 is 48.8 Å². The van der Waals surface area contributed by atoms with Gasteiger partial charge in [0, 0.05) is 31.8 Å². The van der Waals surface area contributed by atoms with E-state index in [0.29, 0.717) is 57.9 Å². The summed E-state index contributed by atoms with van der Waals surface area (Å²) in [4.78, 5) is 42.9. The highest BCUT2D eigenvalue weighted by molar-refractivity contribution is 5.76. The predicted octanol–water partition coefficient (Wildman–Crippen LogP) is 16.1. The summed E-state index contributed by atoms with van der Waals surface area (Å²) >= 11 is 0. The van der Waals surface area contributed by atoms with Gasteiger partial charge >= 0.3 is 36.6 Å². The van der Waals surface area contributed by atoms with Gasteiger partial charge in [-0.25, -0.2) is 17.6 Å². The summed E-state index contributed by atoms with van der Waals surface area (Å²) in [7, 11) is 4.03. The molecule has 0 aromatic heterocycles. The van der Waals surface area contributed by atoms with Crippen LogP contribution in [0.3, 0.4) is 0 Å². The minimum absolute atomic E-state index is 0.0757. The monoisotopic (exact) mass is 979 g/mol. The van der Waals surface area contributed by atoms with E-state index in [1.54, 1.807) is 0 Å². The van der Waals surface area contributed by atoms with E-state index in [2.05, 4.69) is 23.6 Å². The second-order valence-corrected chi connectivity index (χ2v) is 19.2. The fraction of sp³-hybridized carbons (Fsp3) is 0.942. The van der Waals surface area contributed by atoms with Gasteiger partial charge in [-0.3, -0.25) is 14.4 Å². The highest BCUT2D eigenvalue weighted by Crippen LogP contribution is 2.34. The van der Waals surface area contributed by atoms with Crippen molar-refractivity contribution in [3.63, 3.8) is 0 Å². The smallest absolute Gasteiger partial charge is 0.343 e. The maximum absolute atomic E-state index is 14.3. The largest absolute Gasteiger partial charge is 0.456 e. The molecule has 3 atom stereocenters. The van der Waals surface area contributed by atoms with Crippen molar-refractivity contribution >= 4 is 17.8 Å². The average molecular weight is 979 g/mol. The molecule has 0 rings (SSSR count). The average Bonchev–Trinajstić information content (AvgIpc) is 3.27. The molecular weight excluding hydrogens is 885 g/mol. The molecule has 3 unspecified atom stereocenters. The highest BCUT2D eigenvalue weighted by atomic mass is 19.3. The van der Waals surface area contributed by atoms with Gasteiger partial charge in [0.1, 0.15) is 0 Å². The van der Waals surface area contributed by atoms with Crippen LogP contribution in [0.1, 0.15) is 245 Å². The predicted molar refractivity (Wildman–Crippen MR) is 254 cm³/mol. The van der Waals surface area contributed by atoms with E-state index in [0.717, 1.165) is 148 Å². The van der Waals surface area contributed by atoms with E-state index in [9.17, 15) is 49.5 Å². The van der Waals surface area contributed by atoms with Gasteiger partial charge in [-0.1, -0.05) is 162 Å². The second kappa shape index (κ2) is 40.5. The van der Waals surface area contributed by atoms with Gasteiger partial charge in [-0.2, -0.15) is 17.6 Å². The fourth-order valence-corrected chi connectivity index (χ4v) is 8.50. The van der Waals surface area contributed by atoms with E-state index in [1.165, 1.54) is 0 Å². The zero-order valence-corrected chi connectivity index (χ0v) is 42.5. The van der Waals surface area contributed by atoms with E-state index in [4.69, 9.17) is 9.47 Å². The Labute approximate surface area is 401 Å². The molecule has 0 fully saturated rings. The van der Waals surface area contributed by atoms with Gasteiger partial charge in [0.05, 0.1) is 0 Å². The van der Waals surface area contributed by atoms with Gasteiger partial charge < -0.3 is 19.3 Å². The zero-order chi connectivity index (χ0) is 50.4. The number of carbonyl (C=O) groups excluding carboxylic acids is 3. The topological polar surface area (TPSA) is 76.2 Å². The van der Waals surface area contributed by atoms with Crippen LogP contribution in [0.25, 0.3) is 0 Å². The Balaban J connectivity index is 5.20. The molecule has 15 heteroatoms. The second-order valence-electron chi connectivity index (χ2n) is 19.2. The van der Waals surface area contributed by atoms with Crippen LogP contribution in [0, 0.1) is 0 Å². The maximum atomic E-state index is 14.3. The molecule has 0 radical (unpaired) electrons. The molecule has 0 aliphatic heterocycles. The Hall–Kier alpha value is -2.19. The maximum Gasteiger partial charge on any atom is 0.343 e. The molecule has 0 aromatic carbocycles. The van der Waals surface area contributed by atoms with Crippen molar-refractivity contribution in [2.24, 2.45) is 0 Å². The van der Waals surface area contributed by atoms with Crippen LogP contribution in [0.4, 0.5) is 35.1 Å². The van der Waals surface area contributed by atoms with Gasteiger partial charge in [-0.15, -0.1) is 0 Å². The van der Waals surface area contributed by atoms with Crippen LogP contribution < -0.4 is 0 Å². The van der Waals surface area contributed by atoms with Gasteiger partial charge in [0.25, 0.3) is 0 Å². The fourth-order valence-electron chi connectivity index (χ4n) is 8.50. The quantitative estimate of drug-likeness (QED) is 0.0344. The lowest BCUT2D eigenvalue weighted by Gasteiger charge is -2.33. The first-order valence-electron chi connectivity index (χ1n) is 26.6. The Morgan fingerprint density at radius 1 is 0.418 bits per heavy atom. The first-order valence-corrected chi connectivity index (χ1v) is 26.6. The summed E-state index contributed by atoms with van der Waals surface area (Å²) < 4.78 is 119. The lowest BCUT2D eigenvalue weighted by molar-refractivity contribution is -0.211. The summed E-state index contributed by atoms with van der Waals surface area (Å²) in [6.07, 6.45) is 11.9. The molecule has 67 heavy (non-hydrogen) atoms. The molecular formula is C52H94F8N2O5. The summed E-state index contributed by atoms with van der Waals surface area (Å²) in [5.74, 6) is -10.3. The van der Waals surface area contributed by atoms with Crippen molar-refractivity contribution in [1.82, 2.24) is 9.80 Å². The third kappa shape index (κ3) is 32.3. The normalized spacial score (nSPS) is 13.7. The van der Waals surface area contributed by atoms with E-state index in [1.807, 2.05) is 21.0 Å². The molecule has 0 N–H and O–H groups in total. The zero-order valence-electron chi connectivity index (χ0n) is 42.5. The Morgan fingerprint density at radius 2 is 0.731 bits per heavy atom. The summed E-state index contributed by atoms with van der Waals surface area (Å²) in [6.45, 7) is 7.70. The summed E-state index contributed by atoms with van der Waals surface area (Å²) in [6, 6.07) is 0.0757. The number of esters is 2. The van der Waals surface area contributed by atoms with Crippen LogP contribution in [0.2, 0.25) is 0 Å². The number of hydrogen-bond donors (Lipinski definition) is 0. The van der Waals surface area contributed by atoms with Crippen molar-refractivity contribution < 1.29 is 59.0 Å². The molecule has 0 aromatic rings. The van der Waals surface area contributed by atoms with E-state index >= 15 is 0 Å². The Kier molecular flexibility index (Phi) is 39.2. The number of carbonyl (C=O) groups is 3. The molecule has 0 saturated heterocycles. The molecule has 0 saturated carbocycles. The van der Waals surface area contributed by atoms with Crippen molar-refractivity contribution in [2.45, 2.75) is 288 Å². The highest BCUT2D eigenvalue weighted by Gasteiger charge is 2.51. The molecule has 1 amide bonds. The van der Waals surface area contributed by atoms with Gasteiger partial charge in [0.2, 0.25) is 5.91 Å². The summed E-state index contributed by atoms with van der Waals surface area (Å²) in [5.41, 5.74) is 0. The minimum atomic E-state index is -4.40. The van der Waals surface area contributed by atoms with Crippen molar-refractivity contribution in [1.29, 1.82) is 0 Å². The van der Waals surface area contributed by atoms with Crippen LogP contribution in [-0.2, 0) is 23.9 Å². The van der Waals surface area contributed by atoms with Crippen LogP contribution >= 0.6 is 0 Å². The van der Waals surface area contributed by atoms with Crippen LogP contribution in [-0.4, -0.2) is 97.8 Å². The third-order valence-electron chi connectivity index (χ3n) is 12.7.